The first-order valence-corrected chi connectivity index (χ1v) is 10.3. The number of rotatable bonds is 3. The average molecular weight is 370 g/mol. The van der Waals surface area contributed by atoms with E-state index in [1.807, 2.05) is 30.6 Å². The summed E-state index contributed by atoms with van der Waals surface area (Å²) in [5, 5.41) is 1.09. The number of hydrogen-bond acceptors (Lipinski definition) is 3. The van der Waals surface area contributed by atoms with Crippen LogP contribution in [0.4, 0.5) is 0 Å². The molecule has 1 aliphatic heterocycles. The van der Waals surface area contributed by atoms with Gasteiger partial charge < -0.3 is 4.90 Å². The lowest BCUT2D eigenvalue weighted by molar-refractivity contribution is -0.346. The van der Waals surface area contributed by atoms with Gasteiger partial charge in [0, 0.05) is 24.2 Å². The number of amides is 1. The molecular weight excluding hydrogens is 350 g/mol. The van der Waals surface area contributed by atoms with Gasteiger partial charge in [0.1, 0.15) is 0 Å². The molecular formula is C19H20N3O3S+. The van der Waals surface area contributed by atoms with Gasteiger partial charge in [-0.15, -0.1) is 0 Å². The number of hydrogen-bond donors (Lipinski definition) is 1. The summed E-state index contributed by atoms with van der Waals surface area (Å²) < 4.78 is 23.3. The molecule has 3 aromatic rings. The Morgan fingerprint density at radius 1 is 1.19 bits per heavy atom. The van der Waals surface area contributed by atoms with E-state index in [0.29, 0.717) is 12.0 Å². The lowest BCUT2D eigenvalue weighted by Gasteiger charge is -2.23. The van der Waals surface area contributed by atoms with E-state index in [4.69, 9.17) is 0 Å². The number of aromatic nitrogens is 2. The van der Waals surface area contributed by atoms with Crippen LogP contribution >= 0.6 is 0 Å². The monoisotopic (exact) mass is 370 g/mol. The molecule has 4 rings (SSSR count). The first-order valence-electron chi connectivity index (χ1n) is 8.50. The van der Waals surface area contributed by atoms with E-state index < -0.39 is 9.84 Å². The first kappa shape index (κ1) is 16.8. The van der Waals surface area contributed by atoms with Crippen molar-refractivity contribution >= 4 is 26.8 Å². The normalized spacial score (nSPS) is 18.9. The molecule has 1 amide bonds. The van der Waals surface area contributed by atoms with Gasteiger partial charge in [-0.3, -0.25) is 4.79 Å². The molecule has 6 nitrogen and oxygen atoms in total. The number of pyridine rings is 1. The molecule has 0 radical (unpaired) electrons. The first-order chi connectivity index (χ1) is 12.4. The summed E-state index contributed by atoms with van der Waals surface area (Å²) in [6.45, 7) is 0. The summed E-state index contributed by atoms with van der Waals surface area (Å²) in [6.07, 6.45) is 4.31. The predicted octanol–water partition coefficient (Wildman–Crippen LogP) is 1.91. The van der Waals surface area contributed by atoms with Gasteiger partial charge in [-0.25, -0.2) is 18.4 Å². The van der Waals surface area contributed by atoms with Crippen molar-refractivity contribution in [2.45, 2.75) is 12.5 Å². The topological polar surface area (TPSA) is 84.4 Å². The molecule has 0 spiro atoms. The zero-order valence-corrected chi connectivity index (χ0v) is 15.2. The van der Waals surface area contributed by atoms with Crippen molar-refractivity contribution in [2.24, 2.45) is 0 Å². The fourth-order valence-corrected chi connectivity index (χ4v) is 5.18. The van der Waals surface area contributed by atoms with E-state index in [2.05, 4.69) is 16.0 Å². The van der Waals surface area contributed by atoms with Crippen LogP contribution in [0.2, 0.25) is 0 Å². The third-order valence-corrected chi connectivity index (χ3v) is 6.75. The lowest BCUT2D eigenvalue weighted by atomic mass is 10.0. The number of sulfone groups is 1. The number of carbonyl (C=O) groups is 1. The van der Waals surface area contributed by atoms with Crippen molar-refractivity contribution in [1.29, 1.82) is 0 Å². The number of benzene rings is 1. The van der Waals surface area contributed by atoms with Crippen molar-refractivity contribution < 1.29 is 18.2 Å². The average Bonchev–Trinajstić information content (AvgIpc) is 3.25. The van der Waals surface area contributed by atoms with Gasteiger partial charge in [-0.2, -0.15) is 0 Å². The van der Waals surface area contributed by atoms with E-state index in [0.717, 1.165) is 22.2 Å². The maximum Gasteiger partial charge on any atom is 0.284 e. The highest BCUT2D eigenvalue weighted by Gasteiger charge is 2.33. The third kappa shape index (κ3) is 3.10. The van der Waals surface area contributed by atoms with E-state index in [1.165, 1.54) is 0 Å². The summed E-state index contributed by atoms with van der Waals surface area (Å²) >= 11 is 0. The van der Waals surface area contributed by atoms with Crippen molar-refractivity contribution in [2.75, 3.05) is 18.6 Å². The number of carbonyl (C=O) groups excluding carboxylic acids is 1. The molecule has 3 heterocycles. The molecule has 2 aromatic heterocycles. The third-order valence-electron chi connectivity index (χ3n) is 5.00. The van der Waals surface area contributed by atoms with Crippen LogP contribution in [0.3, 0.4) is 0 Å². The highest BCUT2D eigenvalue weighted by atomic mass is 32.2. The number of nitrogens with one attached hydrogen (secondary N) is 2. The highest BCUT2D eigenvalue weighted by Crippen LogP contribution is 2.23. The van der Waals surface area contributed by atoms with Gasteiger partial charge in [0.05, 0.1) is 29.3 Å². The summed E-state index contributed by atoms with van der Waals surface area (Å²) in [5.41, 5.74) is 3.57. The summed E-state index contributed by atoms with van der Waals surface area (Å²) in [4.78, 5) is 20.5. The number of H-pyrrole nitrogens is 2. The van der Waals surface area contributed by atoms with Crippen LogP contribution in [0, 0.1) is 0 Å². The standard InChI is InChI=1S/C19H19N3O3S/c1-22(17-7-9-26(24,25)12-17)19(23)14-4-2-13(3-5-14)16-10-15-6-8-20-18(15)21-11-16/h2-6,8,10-11,17H,7,9,12H2,1H3,(H,20,21)/p+1/t17-/m0/s1. The predicted molar refractivity (Wildman–Crippen MR) is 99.4 cm³/mol. The quantitative estimate of drug-likeness (QED) is 0.764. The lowest BCUT2D eigenvalue weighted by Crippen LogP contribution is -2.37. The molecule has 0 bridgehead atoms. The minimum absolute atomic E-state index is 0.0554. The Labute approximate surface area is 151 Å². The van der Waals surface area contributed by atoms with Crippen molar-refractivity contribution in [3.63, 3.8) is 0 Å². The Bertz CT molecular complexity index is 1070. The van der Waals surface area contributed by atoms with Crippen LogP contribution in [-0.4, -0.2) is 48.8 Å². The molecule has 1 fully saturated rings. The van der Waals surface area contributed by atoms with Crippen LogP contribution in [0.1, 0.15) is 16.8 Å². The maximum absolute atomic E-state index is 12.7. The molecule has 1 aromatic carbocycles. The summed E-state index contributed by atoms with van der Waals surface area (Å²) in [6, 6.07) is 11.2. The zero-order valence-electron chi connectivity index (χ0n) is 14.4. The van der Waals surface area contributed by atoms with Crippen molar-refractivity contribution in [3.05, 3.63) is 54.4 Å². The molecule has 26 heavy (non-hydrogen) atoms. The Balaban J connectivity index is 1.54. The second kappa shape index (κ2) is 6.25. The summed E-state index contributed by atoms with van der Waals surface area (Å²) in [5.74, 6) is 0.0675. The highest BCUT2D eigenvalue weighted by molar-refractivity contribution is 7.91. The molecule has 1 atom stereocenters. The molecule has 134 valence electrons. The SMILES string of the molecule is CN(C(=O)c1ccc(-c2c[nH+]c3[nH]ccc3c2)cc1)[C@H]1CCS(=O)(=O)C1. The molecule has 1 saturated heterocycles. The van der Waals surface area contributed by atoms with Crippen molar-refractivity contribution in [3.8, 4) is 11.1 Å². The second-order valence-corrected chi connectivity index (χ2v) is 8.98. The smallest absolute Gasteiger partial charge is 0.284 e. The Hall–Kier alpha value is -2.67. The van der Waals surface area contributed by atoms with E-state index in [9.17, 15) is 13.2 Å². The Morgan fingerprint density at radius 3 is 2.65 bits per heavy atom. The van der Waals surface area contributed by atoms with Gasteiger partial charge in [0.25, 0.3) is 11.6 Å². The zero-order chi connectivity index (χ0) is 18.3. The van der Waals surface area contributed by atoms with Crippen molar-refractivity contribution in [1.82, 2.24) is 9.88 Å². The molecule has 0 aliphatic carbocycles. The summed E-state index contributed by atoms with van der Waals surface area (Å²) in [7, 11) is -1.33. The molecule has 0 unspecified atom stereocenters. The molecule has 1 aliphatic rings. The minimum Gasteiger partial charge on any atom is -0.338 e. The van der Waals surface area contributed by atoms with Gasteiger partial charge in [-0.05, 0) is 36.2 Å². The fraction of sp³-hybridized carbons (Fsp3) is 0.263. The molecule has 2 N–H and O–H groups in total. The molecule has 7 heteroatoms. The number of fused-ring (bicyclic) bond motifs is 1. The number of nitrogens with zero attached hydrogens (tertiary/aromatic N) is 1. The van der Waals surface area contributed by atoms with E-state index in [1.54, 1.807) is 24.1 Å². The minimum atomic E-state index is -3.01. The number of aromatic amines is 2. The molecule has 0 saturated carbocycles. The Kier molecular flexibility index (Phi) is 4.03. The van der Waals surface area contributed by atoms with Crippen LogP contribution in [0.15, 0.2) is 48.8 Å². The van der Waals surface area contributed by atoms with E-state index >= 15 is 0 Å². The fourth-order valence-electron chi connectivity index (χ4n) is 3.41. The maximum atomic E-state index is 12.7. The van der Waals surface area contributed by atoms with Crippen LogP contribution in [-0.2, 0) is 9.84 Å². The van der Waals surface area contributed by atoms with Gasteiger partial charge in [-0.1, -0.05) is 12.1 Å². The second-order valence-electron chi connectivity index (χ2n) is 6.75. The van der Waals surface area contributed by atoms with Crippen LogP contribution in [0.5, 0.6) is 0 Å². The Morgan fingerprint density at radius 2 is 1.96 bits per heavy atom. The van der Waals surface area contributed by atoms with Gasteiger partial charge in [0.2, 0.25) is 0 Å². The van der Waals surface area contributed by atoms with Crippen LogP contribution in [0.25, 0.3) is 22.2 Å². The van der Waals surface area contributed by atoms with E-state index in [-0.39, 0.29) is 23.5 Å². The van der Waals surface area contributed by atoms with Crippen LogP contribution < -0.4 is 4.98 Å². The largest absolute Gasteiger partial charge is 0.338 e. The van der Waals surface area contributed by atoms with Gasteiger partial charge in [0.15, 0.2) is 9.84 Å². The van der Waals surface area contributed by atoms with Gasteiger partial charge >= 0.3 is 0 Å².